The lowest BCUT2D eigenvalue weighted by molar-refractivity contribution is 0.248. The summed E-state index contributed by atoms with van der Waals surface area (Å²) in [6.45, 7) is 2.94. The number of hydrogen-bond donors (Lipinski definition) is 1. The van der Waals surface area contributed by atoms with E-state index in [0.29, 0.717) is 0 Å². The third kappa shape index (κ3) is 1.95. The van der Waals surface area contributed by atoms with Crippen molar-refractivity contribution in [3.05, 3.63) is 29.8 Å². The molecule has 1 aromatic carbocycles. The van der Waals surface area contributed by atoms with Crippen molar-refractivity contribution in [2.75, 3.05) is 24.5 Å². The van der Waals surface area contributed by atoms with Gasteiger partial charge in [0.05, 0.1) is 0 Å². The molecule has 0 bridgehead atoms. The van der Waals surface area contributed by atoms with E-state index in [4.69, 9.17) is 5.73 Å². The summed E-state index contributed by atoms with van der Waals surface area (Å²) in [7, 11) is 0. The van der Waals surface area contributed by atoms with Gasteiger partial charge >= 0.3 is 0 Å². The third-order valence-corrected chi connectivity index (χ3v) is 4.50. The van der Waals surface area contributed by atoms with Crippen LogP contribution in [-0.4, -0.2) is 19.6 Å². The summed E-state index contributed by atoms with van der Waals surface area (Å²) in [6.07, 6.45) is 5.64. The van der Waals surface area contributed by atoms with E-state index in [-0.39, 0.29) is 0 Å². The molecule has 1 aromatic rings. The molecule has 0 spiro atoms. The molecule has 2 aliphatic rings. The average Bonchev–Trinajstić information content (AvgIpc) is 2.30. The van der Waals surface area contributed by atoms with Crippen molar-refractivity contribution in [2.45, 2.75) is 31.6 Å². The zero-order valence-corrected chi connectivity index (χ0v) is 10.4. The van der Waals surface area contributed by atoms with Gasteiger partial charge in [0.15, 0.2) is 0 Å². The fourth-order valence-electron chi connectivity index (χ4n) is 3.38. The predicted molar refractivity (Wildman–Crippen MR) is 72.4 cm³/mol. The molecule has 2 N–H and O–H groups in total. The summed E-state index contributed by atoms with van der Waals surface area (Å²) in [6, 6.07) is 8.96. The Hall–Kier alpha value is -1.02. The second kappa shape index (κ2) is 4.69. The van der Waals surface area contributed by atoms with Crippen LogP contribution < -0.4 is 10.6 Å². The molecule has 3 rings (SSSR count). The van der Waals surface area contributed by atoms with Crippen LogP contribution in [0.1, 0.15) is 37.2 Å². The van der Waals surface area contributed by atoms with Crippen LogP contribution in [0.3, 0.4) is 0 Å². The van der Waals surface area contributed by atoms with E-state index >= 15 is 0 Å². The lowest BCUT2D eigenvalue weighted by Gasteiger charge is -2.42. The van der Waals surface area contributed by atoms with Gasteiger partial charge in [-0.15, -0.1) is 0 Å². The Labute approximate surface area is 104 Å². The molecule has 0 amide bonds. The van der Waals surface area contributed by atoms with E-state index in [9.17, 15) is 0 Å². The predicted octanol–water partition coefficient (Wildman–Crippen LogP) is 2.74. The molecule has 0 radical (unpaired) electrons. The lowest BCUT2D eigenvalue weighted by Crippen LogP contribution is -2.37. The number of rotatable bonds is 3. The molecule has 1 atom stereocenters. The normalized spacial score (nSPS) is 24.3. The van der Waals surface area contributed by atoms with Crippen molar-refractivity contribution < 1.29 is 0 Å². The van der Waals surface area contributed by atoms with E-state index in [0.717, 1.165) is 24.9 Å². The highest BCUT2D eigenvalue weighted by atomic mass is 15.1. The molecular formula is C15H22N2. The number of benzene rings is 1. The highest BCUT2D eigenvalue weighted by Gasteiger charge is 2.33. The Morgan fingerprint density at radius 2 is 2.00 bits per heavy atom. The molecule has 17 heavy (non-hydrogen) atoms. The van der Waals surface area contributed by atoms with Crippen molar-refractivity contribution in [1.82, 2.24) is 0 Å². The van der Waals surface area contributed by atoms with Crippen LogP contribution in [0.2, 0.25) is 0 Å². The van der Waals surface area contributed by atoms with Crippen LogP contribution in [0.15, 0.2) is 24.3 Å². The highest BCUT2D eigenvalue weighted by molar-refractivity contribution is 5.57. The van der Waals surface area contributed by atoms with Crippen molar-refractivity contribution in [3.63, 3.8) is 0 Å². The summed E-state index contributed by atoms with van der Waals surface area (Å²) < 4.78 is 0. The van der Waals surface area contributed by atoms with Gasteiger partial charge in [0.25, 0.3) is 0 Å². The van der Waals surface area contributed by atoms with Gasteiger partial charge in [-0.25, -0.2) is 0 Å². The van der Waals surface area contributed by atoms with E-state index in [1.807, 2.05) is 0 Å². The van der Waals surface area contributed by atoms with Crippen molar-refractivity contribution in [2.24, 2.45) is 11.7 Å². The zero-order valence-electron chi connectivity index (χ0n) is 10.4. The molecule has 1 heterocycles. The Balaban J connectivity index is 1.89. The molecule has 1 fully saturated rings. The third-order valence-electron chi connectivity index (χ3n) is 4.50. The van der Waals surface area contributed by atoms with Crippen molar-refractivity contribution in [1.29, 1.82) is 0 Å². The van der Waals surface area contributed by atoms with Gasteiger partial charge in [0.1, 0.15) is 0 Å². The molecule has 1 saturated carbocycles. The SMILES string of the molecule is NCCN1CC[C@H](C2CCC2)c2ccccc21. The number of fused-ring (bicyclic) bond motifs is 1. The van der Waals surface area contributed by atoms with Crippen molar-refractivity contribution in [3.8, 4) is 0 Å². The Kier molecular flexibility index (Phi) is 3.06. The Morgan fingerprint density at radius 3 is 2.71 bits per heavy atom. The lowest BCUT2D eigenvalue weighted by atomic mass is 9.70. The molecule has 92 valence electrons. The van der Waals surface area contributed by atoms with Gasteiger partial charge in [-0.05, 0) is 42.7 Å². The molecular weight excluding hydrogens is 208 g/mol. The smallest absolute Gasteiger partial charge is 0.0402 e. The molecule has 1 aliphatic heterocycles. The van der Waals surface area contributed by atoms with E-state index in [1.54, 1.807) is 5.56 Å². The van der Waals surface area contributed by atoms with Crippen LogP contribution >= 0.6 is 0 Å². The zero-order chi connectivity index (χ0) is 11.7. The average molecular weight is 230 g/mol. The maximum absolute atomic E-state index is 5.71. The summed E-state index contributed by atoms with van der Waals surface area (Å²) in [5.74, 6) is 1.77. The first-order valence-corrected chi connectivity index (χ1v) is 6.94. The van der Waals surface area contributed by atoms with Crippen LogP contribution in [0.4, 0.5) is 5.69 Å². The molecule has 2 heteroatoms. The maximum atomic E-state index is 5.71. The van der Waals surface area contributed by atoms with Gasteiger partial charge in [0.2, 0.25) is 0 Å². The molecule has 1 aliphatic carbocycles. The topological polar surface area (TPSA) is 29.3 Å². The first-order chi connectivity index (χ1) is 8.40. The molecule has 0 unspecified atom stereocenters. The fourth-order valence-corrected chi connectivity index (χ4v) is 3.38. The summed E-state index contributed by atoms with van der Waals surface area (Å²) in [5, 5.41) is 0. The van der Waals surface area contributed by atoms with Crippen LogP contribution in [0.25, 0.3) is 0 Å². The van der Waals surface area contributed by atoms with Gasteiger partial charge in [0, 0.05) is 25.3 Å². The van der Waals surface area contributed by atoms with E-state index in [2.05, 4.69) is 29.2 Å². The number of para-hydroxylation sites is 1. The Morgan fingerprint density at radius 1 is 1.18 bits per heavy atom. The minimum atomic E-state index is 0.752. The Bertz CT molecular complexity index is 384. The maximum Gasteiger partial charge on any atom is 0.0402 e. The van der Waals surface area contributed by atoms with Gasteiger partial charge in [-0.1, -0.05) is 24.6 Å². The highest BCUT2D eigenvalue weighted by Crippen LogP contribution is 2.46. The van der Waals surface area contributed by atoms with Gasteiger partial charge in [-0.3, -0.25) is 0 Å². The minimum Gasteiger partial charge on any atom is -0.370 e. The number of nitrogens with two attached hydrogens (primary N) is 1. The van der Waals surface area contributed by atoms with Crippen molar-refractivity contribution >= 4 is 5.69 Å². The number of hydrogen-bond acceptors (Lipinski definition) is 2. The second-order valence-electron chi connectivity index (χ2n) is 5.42. The molecule has 2 nitrogen and oxygen atoms in total. The molecule has 0 aromatic heterocycles. The van der Waals surface area contributed by atoms with E-state index in [1.165, 1.54) is 37.9 Å². The largest absolute Gasteiger partial charge is 0.370 e. The fraction of sp³-hybridized carbons (Fsp3) is 0.600. The quantitative estimate of drug-likeness (QED) is 0.865. The first kappa shape index (κ1) is 11.1. The number of anilines is 1. The molecule has 0 saturated heterocycles. The number of nitrogens with zero attached hydrogens (tertiary/aromatic N) is 1. The summed E-state index contributed by atoms with van der Waals surface area (Å²) in [5.41, 5.74) is 8.73. The van der Waals surface area contributed by atoms with E-state index < -0.39 is 0 Å². The van der Waals surface area contributed by atoms with Crippen LogP contribution in [0.5, 0.6) is 0 Å². The first-order valence-electron chi connectivity index (χ1n) is 6.94. The summed E-state index contributed by atoms with van der Waals surface area (Å²) >= 11 is 0. The van der Waals surface area contributed by atoms with Crippen LogP contribution in [0, 0.1) is 5.92 Å². The minimum absolute atomic E-state index is 0.752. The van der Waals surface area contributed by atoms with Crippen LogP contribution in [-0.2, 0) is 0 Å². The summed E-state index contributed by atoms with van der Waals surface area (Å²) in [4.78, 5) is 2.46. The van der Waals surface area contributed by atoms with Gasteiger partial charge in [-0.2, -0.15) is 0 Å². The standard InChI is InChI=1S/C15H22N2/c16-9-11-17-10-8-13(12-4-3-5-12)14-6-1-2-7-15(14)17/h1-2,6-7,12-13H,3-5,8-11,16H2/t13-/m1/s1. The second-order valence-corrected chi connectivity index (χ2v) is 5.42. The van der Waals surface area contributed by atoms with Gasteiger partial charge < -0.3 is 10.6 Å². The monoisotopic (exact) mass is 230 g/mol.